The third-order valence-electron chi connectivity index (χ3n) is 6.81. The van der Waals surface area contributed by atoms with Crippen LogP contribution in [0.2, 0.25) is 0 Å². The van der Waals surface area contributed by atoms with E-state index in [-0.39, 0.29) is 29.5 Å². The summed E-state index contributed by atoms with van der Waals surface area (Å²) in [5.74, 6) is -2.03. The third kappa shape index (κ3) is 8.36. The average molecular weight is 570 g/mol. The number of alkyl carbamates (subject to hydrolysis) is 1. The number of methoxy groups -OCH3 is 1. The molecule has 3 rings (SSSR count). The Balaban J connectivity index is 2.07. The minimum Gasteiger partial charge on any atom is -0.508 e. The van der Waals surface area contributed by atoms with Crippen molar-refractivity contribution in [3.8, 4) is 11.5 Å². The van der Waals surface area contributed by atoms with Gasteiger partial charge in [0.1, 0.15) is 35.7 Å². The summed E-state index contributed by atoms with van der Waals surface area (Å²) in [6, 6.07) is 8.29. The summed E-state index contributed by atoms with van der Waals surface area (Å²) < 4.78 is 10.1. The highest BCUT2D eigenvalue weighted by molar-refractivity contribution is 5.94. The molecule has 0 radical (unpaired) electrons. The molecule has 2 unspecified atom stereocenters. The maximum Gasteiger partial charge on any atom is 0.408 e. The van der Waals surface area contributed by atoms with Crippen LogP contribution >= 0.6 is 0 Å². The molecule has 1 aliphatic carbocycles. The highest BCUT2D eigenvalue weighted by atomic mass is 16.6. The summed E-state index contributed by atoms with van der Waals surface area (Å²) in [5, 5.41) is 25.9. The highest BCUT2D eigenvalue weighted by Crippen LogP contribution is 2.38. The van der Waals surface area contributed by atoms with Crippen LogP contribution in [0.5, 0.6) is 11.5 Å². The van der Waals surface area contributed by atoms with Gasteiger partial charge < -0.3 is 35.2 Å². The van der Waals surface area contributed by atoms with Crippen LogP contribution in [0, 0.1) is 6.92 Å². The number of aromatic hydroxyl groups is 2. The van der Waals surface area contributed by atoms with Crippen LogP contribution < -0.4 is 10.6 Å². The monoisotopic (exact) mass is 569 g/mol. The molecule has 11 heteroatoms. The van der Waals surface area contributed by atoms with E-state index in [9.17, 15) is 29.4 Å². The van der Waals surface area contributed by atoms with Crippen LogP contribution in [0.15, 0.2) is 42.5 Å². The SMILES string of the molecule is COC(=O)CNC(=O)C(c1cccc(C)c1O)N(C(=O)C(Cc1ccc(O)cc1)NC(=O)OC(C)(C)C)C1CCC1. The van der Waals surface area contributed by atoms with E-state index in [1.54, 1.807) is 58.0 Å². The lowest BCUT2D eigenvalue weighted by Gasteiger charge is -2.43. The van der Waals surface area contributed by atoms with Gasteiger partial charge in [-0.25, -0.2) is 4.79 Å². The van der Waals surface area contributed by atoms with Crippen molar-refractivity contribution >= 4 is 23.9 Å². The number of hydrogen-bond donors (Lipinski definition) is 4. The summed E-state index contributed by atoms with van der Waals surface area (Å²) in [6.07, 6.45) is 1.27. The maximum atomic E-state index is 14.4. The van der Waals surface area contributed by atoms with Gasteiger partial charge in [0.05, 0.1) is 7.11 Å². The number of phenols is 2. The normalized spacial score (nSPS) is 14.7. The minimum atomic E-state index is -1.31. The Kier molecular flexibility index (Phi) is 10.2. The van der Waals surface area contributed by atoms with Crippen LogP contribution in [0.1, 0.15) is 62.8 Å². The van der Waals surface area contributed by atoms with Crippen molar-refractivity contribution in [1.82, 2.24) is 15.5 Å². The number of esters is 1. The zero-order valence-electron chi connectivity index (χ0n) is 24.1. The molecule has 41 heavy (non-hydrogen) atoms. The van der Waals surface area contributed by atoms with Crippen molar-refractivity contribution in [2.45, 2.75) is 77.1 Å². The van der Waals surface area contributed by atoms with E-state index in [2.05, 4.69) is 15.4 Å². The van der Waals surface area contributed by atoms with Gasteiger partial charge in [0.25, 0.3) is 0 Å². The first-order valence-electron chi connectivity index (χ1n) is 13.5. The third-order valence-corrected chi connectivity index (χ3v) is 6.81. The quantitative estimate of drug-likeness (QED) is 0.318. The maximum absolute atomic E-state index is 14.4. The first-order chi connectivity index (χ1) is 19.3. The van der Waals surface area contributed by atoms with Gasteiger partial charge in [-0.3, -0.25) is 14.4 Å². The largest absolute Gasteiger partial charge is 0.508 e. The predicted octanol–water partition coefficient (Wildman–Crippen LogP) is 3.25. The molecule has 2 atom stereocenters. The molecular weight excluding hydrogens is 530 g/mol. The fraction of sp³-hybridized carbons (Fsp3) is 0.467. The minimum absolute atomic E-state index is 0.0396. The molecule has 2 aromatic carbocycles. The number of nitrogens with zero attached hydrogens (tertiary/aromatic N) is 1. The van der Waals surface area contributed by atoms with E-state index < -0.39 is 48.1 Å². The highest BCUT2D eigenvalue weighted by Gasteiger charge is 2.43. The smallest absolute Gasteiger partial charge is 0.408 e. The van der Waals surface area contributed by atoms with E-state index in [0.29, 0.717) is 24.0 Å². The summed E-state index contributed by atoms with van der Waals surface area (Å²) in [5.41, 5.74) is 0.513. The second-order valence-corrected chi connectivity index (χ2v) is 11.1. The standard InChI is InChI=1S/C30H39N3O8/c1-18-8-6-11-22(26(18)36)25(27(37)31-17-24(35)40-5)33(20-9-7-10-20)28(38)23(32-29(39)41-30(2,3)4)16-19-12-14-21(34)15-13-19/h6,8,11-15,20,23,25,34,36H,7,9-10,16-17H2,1-5H3,(H,31,37)(H,32,39). The Morgan fingerprint density at radius 1 is 1.05 bits per heavy atom. The molecule has 0 aromatic heterocycles. The van der Waals surface area contributed by atoms with Crippen LogP contribution in [0.4, 0.5) is 4.79 Å². The fourth-order valence-corrected chi connectivity index (χ4v) is 4.53. The number of para-hydroxylation sites is 1. The van der Waals surface area contributed by atoms with E-state index in [1.807, 2.05) is 0 Å². The van der Waals surface area contributed by atoms with Crippen LogP contribution in [-0.4, -0.2) is 70.3 Å². The zero-order chi connectivity index (χ0) is 30.3. The fourth-order valence-electron chi connectivity index (χ4n) is 4.53. The van der Waals surface area contributed by atoms with Gasteiger partial charge in [-0.15, -0.1) is 0 Å². The summed E-state index contributed by atoms with van der Waals surface area (Å²) in [6.45, 7) is 6.35. The molecule has 4 N–H and O–H groups in total. The molecule has 0 heterocycles. The van der Waals surface area contributed by atoms with Gasteiger partial charge in [-0.2, -0.15) is 0 Å². The lowest BCUT2D eigenvalue weighted by atomic mass is 9.87. The number of rotatable bonds is 10. The Labute approximate surface area is 239 Å². The summed E-state index contributed by atoms with van der Waals surface area (Å²) >= 11 is 0. The van der Waals surface area contributed by atoms with Gasteiger partial charge in [0, 0.05) is 18.0 Å². The van der Waals surface area contributed by atoms with Gasteiger partial charge in [0.15, 0.2) is 0 Å². The first-order valence-corrected chi connectivity index (χ1v) is 13.5. The number of ether oxygens (including phenoxy) is 2. The van der Waals surface area contributed by atoms with Crippen LogP contribution in [-0.2, 0) is 30.3 Å². The Hall–Kier alpha value is -4.28. The first kappa shape index (κ1) is 31.3. The number of amides is 3. The summed E-state index contributed by atoms with van der Waals surface area (Å²) in [4.78, 5) is 54.2. The van der Waals surface area contributed by atoms with Crippen molar-refractivity contribution in [1.29, 1.82) is 0 Å². The molecule has 3 amide bonds. The number of carbonyl (C=O) groups is 4. The van der Waals surface area contributed by atoms with Crippen molar-refractivity contribution in [2.75, 3.05) is 13.7 Å². The molecule has 0 aliphatic heterocycles. The van der Waals surface area contributed by atoms with E-state index >= 15 is 0 Å². The zero-order valence-corrected chi connectivity index (χ0v) is 24.1. The molecule has 11 nitrogen and oxygen atoms in total. The molecule has 1 aliphatic rings. The van der Waals surface area contributed by atoms with E-state index in [4.69, 9.17) is 4.74 Å². The second-order valence-electron chi connectivity index (χ2n) is 11.1. The molecular formula is C30H39N3O8. The van der Waals surface area contributed by atoms with Gasteiger partial charge in [0.2, 0.25) is 11.8 Å². The molecule has 1 fully saturated rings. The van der Waals surface area contributed by atoms with Gasteiger partial charge in [-0.1, -0.05) is 30.3 Å². The molecule has 1 saturated carbocycles. The van der Waals surface area contributed by atoms with Crippen molar-refractivity contribution in [3.63, 3.8) is 0 Å². The Morgan fingerprint density at radius 3 is 2.27 bits per heavy atom. The van der Waals surface area contributed by atoms with Gasteiger partial charge in [-0.05, 0) is 70.2 Å². The molecule has 0 bridgehead atoms. The lowest BCUT2D eigenvalue weighted by molar-refractivity contribution is -0.148. The van der Waals surface area contributed by atoms with Crippen LogP contribution in [0.25, 0.3) is 0 Å². The molecule has 2 aromatic rings. The van der Waals surface area contributed by atoms with Crippen molar-refractivity contribution < 1.29 is 38.9 Å². The number of benzene rings is 2. The van der Waals surface area contributed by atoms with E-state index in [1.165, 1.54) is 24.1 Å². The number of hydrogen-bond acceptors (Lipinski definition) is 8. The van der Waals surface area contributed by atoms with E-state index in [0.717, 1.165) is 6.42 Å². The number of carbonyl (C=O) groups excluding carboxylic acids is 4. The lowest BCUT2D eigenvalue weighted by Crippen LogP contribution is -2.58. The predicted molar refractivity (Wildman–Crippen MR) is 150 cm³/mol. The topological polar surface area (TPSA) is 154 Å². The number of aryl methyl sites for hydroxylation is 1. The van der Waals surface area contributed by atoms with Crippen molar-refractivity contribution in [2.24, 2.45) is 0 Å². The molecule has 0 spiro atoms. The Morgan fingerprint density at radius 2 is 1.71 bits per heavy atom. The molecule has 0 saturated heterocycles. The average Bonchev–Trinajstić information content (AvgIpc) is 2.87. The Bertz CT molecular complexity index is 1250. The second kappa shape index (κ2) is 13.4. The van der Waals surface area contributed by atoms with Crippen molar-refractivity contribution in [3.05, 3.63) is 59.2 Å². The molecule has 222 valence electrons. The number of nitrogens with one attached hydrogen (secondary N) is 2. The summed E-state index contributed by atoms with van der Waals surface area (Å²) in [7, 11) is 1.19. The van der Waals surface area contributed by atoms with Gasteiger partial charge >= 0.3 is 12.1 Å². The number of phenolic OH excluding ortho intramolecular Hbond substituents is 2. The van der Waals surface area contributed by atoms with Crippen LogP contribution in [0.3, 0.4) is 0 Å².